The van der Waals surface area contributed by atoms with Gasteiger partial charge in [-0.05, 0) is 51.2 Å². The zero-order valence-corrected chi connectivity index (χ0v) is 21.2. The average Bonchev–Trinajstić information content (AvgIpc) is 3.34. The van der Waals surface area contributed by atoms with Gasteiger partial charge in [0, 0.05) is 28.9 Å². The summed E-state index contributed by atoms with van der Waals surface area (Å²) in [5, 5.41) is 17.0. The topological polar surface area (TPSA) is 119 Å². The highest BCUT2D eigenvalue weighted by Crippen LogP contribution is 2.47. The number of aliphatic hydroxyl groups excluding tert-OH is 1. The molecule has 0 spiro atoms. The van der Waals surface area contributed by atoms with Crippen LogP contribution in [-0.4, -0.2) is 52.3 Å². The smallest absolute Gasteiger partial charge is 0.258 e. The molecule has 6 rings (SSSR count). The van der Waals surface area contributed by atoms with Crippen molar-refractivity contribution in [3.63, 3.8) is 0 Å². The third kappa shape index (κ3) is 5.23. The number of halogens is 2. The number of fused-ring (bicyclic) bond motifs is 4. The Bertz CT molecular complexity index is 1220. The van der Waals surface area contributed by atoms with Crippen LogP contribution in [0.5, 0.6) is 11.5 Å². The summed E-state index contributed by atoms with van der Waals surface area (Å²) in [7, 11) is 0. The fourth-order valence-electron chi connectivity index (χ4n) is 5.57. The second-order valence-electron chi connectivity index (χ2n) is 10.1. The molecule has 0 radical (unpaired) electrons. The molecule has 1 atom stereocenters. The molecule has 37 heavy (non-hydrogen) atoms. The van der Waals surface area contributed by atoms with Crippen LogP contribution >= 0.6 is 11.6 Å². The van der Waals surface area contributed by atoms with Crippen molar-refractivity contribution in [1.29, 1.82) is 0 Å². The molecule has 2 heterocycles. The number of pyridine rings is 1. The summed E-state index contributed by atoms with van der Waals surface area (Å²) < 4.78 is 30.3. The number of carbonyl (C=O) groups excluding carboxylic acids is 2. The van der Waals surface area contributed by atoms with Gasteiger partial charge in [0.1, 0.15) is 17.3 Å². The minimum atomic E-state index is -0.830. The van der Waals surface area contributed by atoms with E-state index in [1.165, 1.54) is 12.1 Å². The van der Waals surface area contributed by atoms with Crippen LogP contribution in [0.1, 0.15) is 48.9 Å². The van der Waals surface area contributed by atoms with Crippen molar-refractivity contribution in [2.24, 2.45) is 0 Å². The van der Waals surface area contributed by atoms with Gasteiger partial charge in [-0.25, -0.2) is 4.39 Å². The second-order valence-corrected chi connectivity index (χ2v) is 10.5. The molecular weight excluding hydrogens is 505 g/mol. The largest absolute Gasteiger partial charge is 0.484 e. The predicted octanol–water partition coefficient (Wildman–Crippen LogP) is 2.72. The molecule has 2 bridgehead atoms. The maximum atomic E-state index is 13.6. The number of rotatable bonds is 8. The van der Waals surface area contributed by atoms with Gasteiger partial charge in [-0.2, -0.15) is 0 Å². The number of carbonyl (C=O) groups is 2. The van der Waals surface area contributed by atoms with E-state index in [4.69, 9.17) is 25.8 Å². The lowest BCUT2D eigenvalue weighted by Crippen LogP contribution is -2.70. The first-order valence-corrected chi connectivity index (χ1v) is 12.6. The molecule has 0 saturated heterocycles. The number of nitrogens with zero attached hydrogens (tertiary/aromatic N) is 1. The maximum Gasteiger partial charge on any atom is 0.258 e. The Morgan fingerprint density at radius 3 is 2.62 bits per heavy atom. The molecule has 3 saturated carbocycles. The van der Waals surface area contributed by atoms with Crippen LogP contribution in [0.15, 0.2) is 24.4 Å². The van der Waals surface area contributed by atoms with Gasteiger partial charge >= 0.3 is 0 Å². The van der Waals surface area contributed by atoms with Crippen LogP contribution in [0, 0.1) is 12.7 Å². The normalized spacial score (nSPS) is 25.9. The van der Waals surface area contributed by atoms with Gasteiger partial charge < -0.3 is 30.0 Å². The molecule has 2 amide bonds. The number of hydrogen-bond donors (Lipinski definition) is 3. The van der Waals surface area contributed by atoms with Gasteiger partial charge in [0.15, 0.2) is 13.2 Å². The van der Waals surface area contributed by atoms with Crippen LogP contribution in [-0.2, 0) is 27.5 Å². The predicted molar refractivity (Wildman–Crippen MR) is 131 cm³/mol. The van der Waals surface area contributed by atoms with Gasteiger partial charge in [0.05, 0.1) is 35.6 Å². The van der Waals surface area contributed by atoms with E-state index in [1.807, 2.05) is 6.92 Å². The summed E-state index contributed by atoms with van der Waals surface area (Å²) in [6, 6.07) is 3.97. The molecule has 9 nitrogen and oxygen atoms in total. The average molecular weight is 534 g/mol. The zero-order valence-electron chi connectivity index (χ0n) is 20.4. The van der Waals surface area contributed by atoms with Gasteiger partial charge in [-0.1, -0.05) is 11.6 Å². The lowest BCUT2D eigenvalue weighted by molar-refractivity contribution is -0.137. The Balaban J connectivity index is 1.14. The highest BCUT2D eigenvalue weighted by molar-refractivity contribution is 6.30. The molecule has 11 heteroatoms. The summed E-state index contributed by atoms with van der Waals surface area (Å²) >= 11 is 5.67. The fraction of sp³-hybridized carbons (Fsp3) is 0.500. The van der Waals surface area contributed by atoms with Gasteiger partial charge in [-0.15, -0.1) is 0 Å². The number of hydrogen-bond acceptors (Lipinski definition) is 7. The summed E-state index contributed by atoms with van der Waals surface area (Å²) in [6.07, 6.45) is 3.46. The third-order valence-electron chi connectivity index (χ3n) is 7.63. The Morgan fingerprint density at radius 1 is 1.16 bits per heavy atom. The van der Waals surface area contributed by atoms with E-state index in [0.717, 1.165) is 17.2 Å². The molecule has 3 aliphatic carbocycles. The van der Waals surface area contributed by atoms with Crippen molar-refractivity contribution in [2.75, 3.05) is 13.2 Å². The number of aliphatic hydroxyl groups is 1. The number of aromatic nitrogens is 1. The van der Waals surface area contributed by atoms with E-state index in [2.05, 4.69) is 15.6 Å². The molecule has 0 unspecified atom stereocenters. The quantitative estimate of drug-likeness (QED) is 0.477. The molecule has 2 aromatic rings. The standard InChI is InChI=1S/C26H29ClFN3O6/c1-15-24(18-12-35-11-16(18)10-29-15)37-14-23(34)31-26-6-4-25(5-7-26,9-21(26)32)30-22(33)13-36-17-2-3-19(27)20(28)8-17/h2-3,8,10,21,32H,4-7,9,11-14H2,1H3,(H,30,33)(H,31,34)/t21-,25?,26?/m1/s1. The minimum absolute atomic E-state index is 0.0264. The van der Waals surface area contributed by atoms with E-state index >= 15 is 0 Å². The van der Waals surface area contributed by atoms with Crippen molar-refractivity contribution in [3.05, 3.63) is 52.1 Å². The summed E-state index contributed by atoms with van der Waals surface area (Å²) in [6.45, 7) is 2.24. The van der Waals surface area contributed by atoms with E-state index in [1.54, 1.807) is 6.20 Å². The van der Waals surface area contributed by atoms with Crippen LogP contribution in [0.4, 0.5) is 4.39 Å². The fourth-order valence-corrected chi connectivity index (χ4v) is 5.69. The molecule has 3 fully saturated rings. The van der Waals surface area contributed by atoms with Crippen molar-refractivity contribution >= 4 is 23.4 Å². The Labute approximate surface area is 218 Å². The molecule has 198 valence electrons. The summed E-state index contributed by atoms with van der Waals surface area (Å²) in [4.78, 5) is 29.7. The number of nitrogens with one attached hydrogen (secondary N) is 2. The Hall–Kier alpha value is -2.95. The molecule has 3 N–H and O–H groups in total. The molecule has 4 aliphatic rings. The maximum absolute atomic E-state index is 13.6. The number of benzene rings is 1. The van der Waals surface area contributed by atoms with Crippen molar-refractivity contribution < 1.29 is 33.3 Å². The lowest BCUT2D eigenvalue weighted by atomic mass is 9.60. The second kappa shape index (κ2) is 10.1. The van der Waals surface area contributed by atoms with Gasteiger partial charge in [-0.3, -0.25) is 14.6 Å². The van der Waals surface area contributed by atoms with Crippen LogP contribution in [0.3, 0.4) is 0 Å². The van der Waals surface area contributed by atoms with Crippen molar-refractivity contribution in [3.8, 4) is 11.5 Å². The van der Waals surface area contributed by atoms with E-state index < -0.39 is 23.0 Å². The lowest BCUT2D eigenvalue weighted by Gasteiger charge is -2.56. The van der Waals surface area contributed by atoms with Gasteiger partial charge in [0.25, 0.3) is 11.8 Å². The molecule has 1 aromatic carbocycles. The van der Waals surface area contributed by atoms with E-state index in [0.29, 0.717) is 56.8 Å². The van der Waals surface area contributed by atoms with Crippen molar-refractivity contribution in [2.45, 2.75) is 69.4 Å². The summed E-state index contributed by atoms with van der Waals surface area (Å²) in [5.74, 6) is -0.543. The zero-order chi connectivity index (χ0) is 26.2. The molecule has 1 aromatic heterocycles. The molecular formula is C26H29ClFN3O6. The SMILES string of the molecule is Cc1ncc2c(c1OCC(=O)NC13CCC(NC(=O)COc4ccc(Cl)c(F)c4)(CC1)C[C@H]3O)COC2. The number of aryl methyl sites for hydroxylation is 1. The summed E-state index contributed by atoms with van der Waals surface area (Å²) in [5.41, 5.74) is 1.22. The van der Waals surface area contributed by atoms with Crippen LogP contribution in [0.2, 0.25) is 5.02 Å². The van der Waals surface area contributed by atoms with Gasteiger partial charge in [0.2, 0.25) is 0 Å². The highest BCUT2D eigenvalue weighted by atomic mass is 35.5. The third-order valence-corrected chi connectivity index (χ3v) is 7.94. The minimum Gasteiger partial charge on any atom is -0.484 e. The van der Waals surface area contributed by atoms with E-state index in [9.17, 15) is 19.1 Å². The Morgan fingerprint density at radius 2 is 1.89 bits per heavy atom. The Kier molecular flexibility index (Phi) is 6.99. The van der Waals surface area contributed by atoms with E-state index in [-0.39, 0.29) is 35.8 Å². The van der Waals surface area contributed by atoms with Crippen LogP contribution < -0.4 is 20.1 Å². The number of amides is 2. The number of ether oxygens (including phenoxy) is 3. The van der Waals surface area contributed by atoms with Crippen LogP contribution in [0.25, 0.3) is 0 Å². The first-order valence-electron chi connectivity index (χ1n) is 12.2. The first kappa shape index (κ1) is 25.7. The van der Waals surface area contributed by atoms with Crippen molar-refractivity contribution in [1.82, 2.24) is 15.6 Å². The first-order chi connectivity index (χ1) is 17.7. The highest BCUT2D eigenvalue weighted by Gasteiger charge is 2.55. The monoisotopic (exact) mass is 533 g/mol. The molecule has 1 aliphatic heterocycles.